The molecule has 7 heteroatoms. The van der Waals surface area contributed by atoms with E-state index in [4.69, 9.17) is 4.98 Å². The minimum atomic E-state index is -0.411. The molecule has 0 spiro atoms. The van der Waals surface area contributed by atoms with Gasteiger partial charge < -0.3 is 9.78 Å². The van der Waals surface area contributed by atoms with E-state index in [9.17, 15) is 14.4 Å². The highest BCUT2D eigenvalue weighted by molar-refractivity contribution is 5.70. The van der Waals surface area contributed by atoms with Gasteiger partial charge in [-0.25, -0.2) is 9.78 Å². The molecule has 0 aromatic carbocycles. The third kappa shape index (κ3) is 2.03. The van der Waals surface area contributed by atoms with Crippen LogP contribution in [0.4, 0.5) is 0 Å². The van der Waals surface area contributed by atoms with E-state index >= 15 is 0 Å². The number of aromatic nitrogens is 4. The Bertz CT molecular complexity index is 896. The second kappa shape index (κ2) is 5.16. The molecular weight excluding hydrogens is 308 g/mol. The van der Waals surface area contributed by atoms with E-state index in [-0.39, 0.29) is 10.8 Å². The maximum Gasteiger partial charge on any atom is 0.330 e. The third-order valence-electron chi connectivity index (χ3n) is 6.14. The summed E-state index contributed by atoms with van der Waals surface area (Å²) in [7, 11) is 0. The number of hydrogen-bond acceptors (Lipinski definition) is 4. The first-order valence-electron chi connectivity index (χ1n) is 8.72. The Morgan fingerprint density at radius 2 is 1.79 bits per heavy atom. The Labute approximate surface area is 138 Å². The normalized spacial score (nSPS) is 29.2. The molecule has 2 aromatic heterocycles. The molecule has 2 bridgehead atoms. The van der Waals surface area contributed by atoms with Crippen molar-refractivity contribution in [2.75, 3.05) is 0 Å². The lowest BCUT2D eigenvalue weighted by atomic mass is 9.54. The van der Waals surface area contributed by atoms with Gasteiger partial charge in [0.2, 0.25) is 0 Å². The molecule has 0 saturated heterocycles. The lowest BCUT2D eigenvalue weighted by Crippen LogP contribution is -2.45. The number of nitrogens with zero attached hydrogens (tertiary/aromatic N) is 2. The Hall–Kier alpha value is -2.18. The van der Waals surface area contributed by atoms with Crippen LogP contribution in [0.25, 0.3) is 11.2 Å². The number of imidazole rings is 1. The van der Waals surface area contributed by atoms with E-state index < -0.39 is 11.2 Å². The van der Waals surface area contributed by atoms with E-state index in [1.807, 2.05) is 6.92 Å². The molecule has 0 atom stereocenters. The van der Waals surface area contributed by atoms with E-state index in [1.165, 1.54) is 4.57 Å². The fourth-order valence-electron chi connectivity index (χ4n) is 4.47. The Morgan fingerprint density at radius 1 is 1.12 bits per heavy atom. The molecule has 5 rings (SSSR count). The van der Waals surface area contributed by atoms with Crippen LogP contribution in [0.5, 0.6) is 0 Å². The monoisotopic (exact) mass is 330 g/mol. The molecule has 0 aliphatic heterocycles. The average molecular weight is 330 g/mol. The molecule has 3 aliphatic carbocycles. The second-order valence-electron chi connectivity index (χ2n) is 7.46. The highest BCUT2D eigenvalue weighted by atomic mass is 16.2. The van der Waals surface area contributed by atoms with Crippen molar-refractivity contribution >= 4 is 17.5 Å². The van der Waals surface area contributed by atoms with Gasteiger partial charge in [-0.15, -0.1) is 0 Å². The molecular formula is C17H22N4O3. The summed E-state index contributed by atoms with van der Waals surface area (Å²) in [6.45, 7) is 2.51. The average Bonchev–Trinajstić information content (AvgIpc) is 3.07. The first-order chi connectivity index (χ1) is 11.5. The molecule has 0 unspecified atom stereocenters. The molecule has 0 amide bonds. The van der Waals surface area contributed by atoms with Gasteiger partial charge in [0, 0.05) is 17.4 Å². The van der Waals surface area contributed by atoms with Gasteiger partial charge in [-0.05, 0) is 44.9 Å². The summed E-state index contributed by atoms with van der Waals surface area (Å²) in [4.78, 5) is 45.9. The van der Waals surface area contributed by atoms with Crippen molar-refractivity contribution in [2.45, 2.75) is 63.8 Å². The van der Waals surface area contributed by atoms with Gasteiger partial charge in [-0.2, -0.15) is 0 Å². The number of aryl methyl sites for hydroxylation is 1. The minimum absolute atomic E-state index is 0.0939. The van der Waals surface area contributed by atoms with Crippen molar-refractivity contribution < 1.29 is 4.79 Å². The quantitative estimate of drug-likeness (QED) is 0.832. The van der Waals surface area contributed by atoms with Crippen LogP contribution in [0, 0.1) is 5.41 Å². The predicted octanol–water partition coefficient (Wildman–Crippen LogP) is 1.61. The summed E-state index contributed by atoms with van der Waals surface area (Å²) in [6, 6.07) is 0. The van der Waals surface area contributed by atoms with Crippen molar-refractivity contribution in [1.29, 1.82) is 0 Å². The molecule has 3 saturated carbocycles. The zero-order chi connectivity index (χ0) is 16.9. The number of carbonyl (C=O) groups is 1. The van der Waals surface area contributed by atoms with E-state index in [2.05, 4.69) is 9.97 Å². The molecule has 2 N–H and O–H groups in total. The molecule has 2 heterocycles. The number of nitrogens with one attached hydrogen (secondary N) is 2. The second-order valence-corrected chi connectivity index (χ2v) is 7.46. The summed E-state index contributed by atoms with van der Waals surface area (Å²) in [6.07, 6.45) is 7.28. The number of aromatic amines is 2. The van der Waals surface area contributed by atoms with Crippen molar-refractivity contribution in [1.82, 2.24) is 19.5 Å². The van der Waals surface area contributed by atoms with Crippen LogP contribution < -0.4 is 11.2 Å². The zero-order valence-corrected chi connectivity index (χ0v) is 13.9. The Kier molecular flexibility index (Phi) is 3.30. The molecule has 7 nitrogen and oxygen atoms in total. The molecule has 0 radical (unpaired) electrons. The summed E-state index contributed by atoms with van der Waals surface area (Å²) < 4.78 is 1.54. The SMILES string of the molecule is CCCn1c(=O)[nH]c(=O)c2[nH]c(C34CCC(C=O)(CC3)CC4)nc21. The van der Waals surface area contributed by atoms with Crippen LogP contribution in [-0.4, -0.2) is 25.8 Å². The van der Waals surface area contributed by atoms with Gasteiger partial charge in [0.05, 0.1) is 0 Å². The van der Waals surface area contributed by atoms with E-state index in [0.717, 1.165) is 57.1 Å². The van der Waals surface area contributed by atoms with Gasteiger partial charge in [0.25, 0.3) is 5.56 Å². The first-order valence-corrected chi connectivity index (χ1v) is 8.72. The number of hydrogen-bond donors (Lipinski definition) is 2. The summed E-state index contributed by atoms with van der Waals surface area (Å²) in [5.41, 5.74) is -0.222. The summed E-state index contributed by atoms with van der Waals surface area (Å²) in [5, 5.41) is 0. The van der Waals surface area contributed by atoms with Crippen molar-refractivity contribution in [2.24, 2.45) is 5.41 Å². The van der Waals surface area contributed by atoms with Gasteiger partial charge >= 0.3 is 5.69 Å². The topological polar surface area (TPSA) is 101 Å². The van der Waals surface area contributed by atoms with Gasteiger partial charge in [-0.3, -0.25) is 14.3 Å². The van der Waals surface area contributed by atoms with Crippen molar-refractivity contribution in [3.05, 3.63) is 26.7 Å². The highest BCUT2D eigenvalue weighted by Gasteiger charge is 2.50. The van der Waals surface area contributed by atoms with Crippen LogP contribution in [-0.2, 0) is 16.8 Å². The largest absolute Gasteiger partial charge is 0.336 e. The number of rotatable bonds is 4. The lowest BCUT2D eigenvalue weighted by Gasteiger charge is -2.50. The molecule has 128 valence electrons. The van der Waals surface area contributed by atoms with Gasteiger partial charge in [0.1, 0.15) is 17.6 Å². The minimum Gasteiger partial charge on any atom is -0.336 e. The Balaban J connectivity index is 1.83. The number of aldehydes is 1. The van der Waals surface area contributed by atoms with E-state index in [1.54, 1.807) is 0 Å². The fourth-order valence-corrected chi connectivity index (χ4v) is 4.47. The van der Waals surface area contributed by atoms with Crippen molar-refractivity contribution in [3.63, 3.8) is 0 Å². The van der Waals surface area contributed by atoms with Crippen LogP contribution in [0.3, 0.4) is 0 Å². The van der Waals surface area contributed by atoms with Crippen LogP contribution in [0.15, 0.2) is 9.59 Å². The van der Waals surface area contributed by atoms with Crippen LogP contribution in [0.1, 0.15) is 57.7 Å². The number of carbonyl (C=O) groups excluding carboxylic acids is 1. The Morgan fingerprint density at radius 3 is 2.38 bits per heavy atom. The lowest BCUT2D eigenvalue weighted by molar-refractivity contribution is -0.122. The molecule has 24 heavy (non-hydrogen) atoms. The highest BCUT2D eigenvalue weighted by Crippen LogP contribution is 2.56. The van der Waals surface area contributed by atoms with Crippen LogP contribution >= 0.6 is 0 Å². The van der Waals surface area contributed by atoms with E-state index in [0.29, 0.717) is 17.7 Å². The first kappa shape index (κ1) is 15.4. The van der Waals surface area contributed by atoms with Gasteiger partial charge in [-0.1, -0.05) is 6.92 Å². The fraction of sp³-hybridized carbons (Fsp3) is 0.647. The van der Waals surface area contributed by atoms with Crippen LogP contribution in [0.2, 0.25) is 0 Å². The molecule has 3 aliphatic rings. The maximum atomic E-state index is 12.2. The number of H-pyrrole nitrogens is 2. The molecule has 2 aromatic rings. The molecule has 3 fully saturated rings. The summed E-state index contributed by atoms with van der Waals surface area (Å²) >= 11 is 0. The van der Waals surface area contributed by atoms with Crippen molar-refractivity contribution in [3.8, 4) is 0 Å². The maximum absolute atomic E-state index is 12.2. The predicted molar refractivity (Wildman–Crippen MR) is 89.1 cm³/mol. The third-order valence-corrected chi connectivity index (χ3v) is 6.14. The smallest absolute Gasteiger partial charge is 0.330 e. The standard InChI is InChI=1S/C17H22N4O3/c1-2-9-21-12-11(13(23)20-15(21)24)18-14(19-12)17-6-3-16(10-22,4-7-17)5-8-17/h10H,2-9H2,1H3,(H,18,19)(H,20,23,24). The van der Waals surface area contributed by atoms with Gasteiger partial charge in [0.15, 0.2) is 5.65 Å². The number of fused-ring (bicyclic) bond motifs is 4. The summed E-state index contributed by atoms with van der Waals surface area (Å²) in [5.74, 6) is 0.803. The zero-order valence-electron chi connectivity index (χ0n) is 13.9.